The number of amides is 1. The first kappa shape index (κ1) is 19.0. The monoisotopic (exact) mass is 354 g/mol. The van der Waals surface area contributed by atoms with Gasteiger partial charge in [-0.2, -0.15) is 0 Å². The van der Waals surface area contributed by atoms with E-state index in [0.29, 0.717) is 13.2 Å². The summed E-state index contributed by atoms with van der Waals surface area (Å²) in [5.74, 6) is 0.781. The zero-order valence-electron chi connectivity index (χ0n) is 14.2. The average molecular weight is 355 g/mol. The molecule has 6 heteroatoms. The third-order valence-corrected chi connectivity index (χ3v) is 4.79. The summed E-state index contributed by atoms with van der Waals surface area (Å²) in [6.07, 6.45) is 4.62. The van der Waals surface area contributed by atoms with Crippen molar-refractivity contribution >= 4 is 18.3 Å². The van der Waals surface area contributed by atoms with Gasteiger partial charge >= 0.3 is 0 Å². The third kappa shape index (κ3) is 4.41. The molecule has 0 bridgehead atoms. The maximum absolute atomic E-state index is 12.4. The van der Waals surface area contributed by atoms with Gasteiger partial charge in [-0.1, -0.05) is 25.0 Å². The van der Waals surface area contributed by atoms with Crippen molar-refractivity contribution in [1.29, 1.82) is 0 Å². The number of ether oxygens (including phenoxy) is 2. The standard InChI is InChI=1S/C18H26N2O3.ClH/c1-13-4-5-14(16(10-13)23-15-6-9-22-12-15)11-20-17(21)18(19)7-2-3-8-18;/h4-5,10,15H,2-3,6-9,11-12,19H2,1H3,(H,20,21);1H. The number of hydrogen-bond acceptors (Lipinski definition) is 4. The van der Waals surface area contributed by atoms with E-state index in [2.05, 4.69) is 5.32 Å². The molecule has 1 aliphatic heterocycles. The molecule has 0 radical (unpaired) electrons. The van der Waals surface area contributed by atoms with E-state index in [1.807, 2.05) is 25.1 Å². The Morgan fingerprint density at radius 1 is 1.42 bits per heavy atom. The Bertz CT molecular complexity index is 567. The van der Waals surface area contributed by atoms with Crippen LogP contribution in [0, 0.1) is 6.92 Å². The Labute approximate surface area is 149 Å². The Balaban J connectivity index is 0.00000208. The molecule has 2 fully saturated rings. The molecule has 1 saturated heterocycles. The smallest absolute Gasteiger partial charge is 0.240 e. The van der Waals surface area contributed by atoms with Gasteiger partial charge in [0.1, 0.15) is 11.9 Å². The molecule has 134 valence electrons. The topological polar surface area (TPSA) is 73.6 Å². The molecular weight excluding hydrogens is 328 g/mol. The van der Waals surface area contributed by atoms with Gasteiger partial charge in [0.25, 0.3) is 0 Å². The number of nitrogens with two attached hydrogens (primary N) is 1. The summed E-state index contributed by atoms with van der Waals surface area (Å²) in [7, 11) is 0. The van der Waals surface area contributed by atoms with Gasteiger partial charge in [-0.25, -0.2) is 0 Å². The van der Waals surface area contributed by atoms with Crippen LogP contribution in [0.5, 0.6) is 5.75 Å². The normalized spacial score (nSPS) is 22.0. The number of aryl methyl sites for hydroxylation is 1. The minimum atomic E-state index is -0.689. The second-order valence-electron chi connectivity index (χ2n) is 6.76. The summed E-state index contributed by atoms with van der Waals surface area (Å²) in [4.78, 5) is 12.4. The molecule has 0 aromatic heterocycles. The van der Waals surface area contributed by atoms with Gasteiger partial charge in [0, 0.05) is 18.5 Å². The number of halogens is 1. The van der Waals surface area contributed by atoms with Crippen molar-refractivity contribution in [2.24, 2.45) is 5.73 Å². The van der Waals surface area contributed by atoms with Gasteiger partial charge in [-0.05, 0) is 31.4 Å². The quantitative estimate of drug-likeness (QED) is 0.852. The minimum Gasteiger partial charge on any atom is -0.488 e. The molecule has 1 atom stereocenters. The fourth-order valence-electron chi connectivity index (χ4n) is 3.29. The van der Waals surface area contributed by atoms with E-state index in [1.54, 1.807) is 0 Å². The van der Waals surface area contributed by atoms with Crippen LogP contribution in [-0.4, -0.2) is 30.8 Å². The van der Waals surface area contributed by atoms with E-state index >= 15 is 0 Å². The van der Waals surface area contributed by atoms with E-state index < -0.39 is 5.54 Å². The molecule has 0 spiro atoms. The van der Waals surface area contributed by atoms with Crippen molar-refractivity contribution in [2.45, 2.75) is 57.2 Å². The summed E-state index contributed by atoms with van der Waals surface area (Å²) in [5, 5.41) is 2.99. The van der Waals surface area contributed by atoms with Crippen LogP contribution in [0.3, 0.4) is 0 Å². The molecule has 1 amide bonds. The highest BCUT2D eigenvalue weighted by Gasteiger charge is 2.36. The summed E-state index contributed by atoms with van der Waals surface area (Å²) in [6, 6.07) is 6.07. The lowest BCUT2D eigenvalue weighted by Gasteiger charge is -2.23. The largest absolute Gasteiger partial charge is 0.488 e. The lowest BCUT2D eigenvalue weighted by atomic mass is 9.98. The molecule has 1 heterocycles. The van der Waals surface area contributed by atoms with Crippen molar-refractivity contribution in [3.63, 3.8) is 0 Å². The number of hydrogen-bond donors (Lipinski definition) is 2. The Morgan fingerprint density at radius 3 is 2.83 bits per heavy atom. The Morgan fingerprint density at radius 2 is 2.17 bits per heavy atom. The summed E-state index contributed by atoms with van der Waals surface area (Å²) in [5.41, 5.74) is 7.63. The molecule has 3 rings (SSSR count). The van der Waals surface area contributed by atoms with E-state index in [1.165, 1.54) is 0 Å². The van der Waals surface area contributed by atoms with Crippen molar-refractivity contribution < 1.29 is 14.3 Å². The molecule has 1 aliphatic carbocycles. The second kappa shape index (κ2) is 8.19. The number of carbonyl (C=O) groups is 1. The van der Waals surface area contributed by atoms with Crippen molar-refractivity contribution in [2.75, 3.05) is 13.2 Å². The summed E-state index contributed by atoms with van der Waals surface area (Å²) in [6.45, 7) is 3.86. The van der Waals surface area contributed by atoms with E-state index in [0.717, 1.165) is 55.6 Å². The third-order valence-electron chi connectivity index (χ3n) is 4.79. The first-order valence-electron chi connectivity index (χ1n) is 8.48. The highest BCUT2D eigenvalue weighted by atomic mass is 35.5. The zero-order valence-corrected chi connectivity index (χ0v) is 15.0. The molecule has 24 heavy (non-hydrogen) atoms. The molecule has 2 aliphatic rings. The maximum atomic E-state index is 12.4. The zero-order chi connectivity index (χ0) is 16.3. The SMILES string of the molecule is Cc1ccc(CNC(=O)C2(N)CCCC2)c(OC2CCOC2)c1.Cl. The van der Waals surface area contributed by atoms with Crippen LogP contribution in [0.4, 0.5) is 0 Å². The average Bonchev–Trinajstić information content (AvgIpc) is 3.18. The predicted octanol–water partition coefficient (Wildman–Crippen LogP) is 2.47. The van der Waals surface area contributed by atoms with Crippen LogP contribution >= 0.6 is 12.4 Å². The molecule has 1 unspecified atom stereocenters. The van der Waals surface area contributed by atoms with E-state index in [4.69, 9.17) is 15.2 Å². The Hall–Kier alpha value is -1.30. The lowest BCUT2D eigenvalue weighted by molar-refractivity contribution is -0.126. The summed E-state index contributed by atoms with van der Waals surface area (Å²) >= 11 is 0. The van der Waals surface area contributed by atoms with Gasteiger partial charge < -0.3 is 20.5 Å². The highest BCUT2D eigenvalue weighted by molar-refractivity contribution is 5.86. The Kier molecular flexibility index (Phi) is 6.49. The minimum absolute atomic E-state index is 0. The first-order valence-corrected chi connectivity index (χ1v) is 8.48. The first-order chi connectivity index (χ1) is 11.1. The second-order valence-corrected chi connectivity index (χ2v) is 6.76. The van der Waals surface area contributed by atoms with E-state index in [-0.39, 0.29) is 24.4 Å². The van der Waals surface area contributed by atoms with Crippen LogP contribution < -0.4 is 15.8 Å². The van der Waals surface area contributed by atoms with Crippen molar-refractivity contribution in [3.05, 3.63) is 29.3 Å². The number of benzene rings is 1. The van der Waals surface area contributed by atoms with Gasteiger partial charge in [-0.15, -0.1) is 12.4 Å². The van der Waals surface area contributed by atoms with E-state index in [9.17, 15) is 4.79 Å². The van der Waals surface area contributed by atoms with Crippen LogP contribution in [-0.2, 0) is 16.1 Å². The molecule has 1 aromatic carbocycles. The van der Waals surface area contributed by atoms with Gasteiger partial charge in [-0.3, -0.25) is 4.79 Å². The maximum Gasteiger partial charge on any atom is 0.240 e. The van der Waals surface area contributed by atoms with Crippen LogP contribution in [0.1, 0.15) is 43.2 Å². The van der Waals surface area contributed by atoms with Gasteiger partial charge in [0.2, 0.25) is 5.91 Å². The number of carbonyl (C=O) groups excluding carboxylic acids is 1. The number of nitrogens with one attached hydrogen (secondary N) is 1. The fourth-order valence-corrected chi connectivity index (χ4v) is 3.29. The van der Waals surface area contributed by atoms with Gasteiger partial charge in [0.05, 0.1) is 18.8 Å². The predicted molar refractivity (Wildman–Crippen MR) is 95.5 cm³/mol. The van der Waals surface area contributed by atoms with Crippen LogP contribution in [0.2, 0.25) is 0 Å². The van der Waals surface area contributed by atoms with Crippen molar-refractivity contribution in [1.82, 2.24) is 5.32 Å². The molecule has 3 N–H and O–H groups in total. The van der Waals surface area contributed by atoms with Crippen LogP contribution in [0.25, 0.3) is 0 Å². The lowest BCUT2D eigenvalue weighted by Crippen LogP contribution is -2.51. The molecule has 5 nitrogen and oxygen atoms in total. The molecular formula is C18H27ClN2O3. The van der Waals surface area contributed by atoms with Crippen LogP contribution in [0.15, 0.2) is 18.2 Å². The molecule has 1 aromatic rings. The molecule has 1 saturated carbocycles. The number of rotatable bonds is 5. The highest BCUT2D eigenvalue weighted by Crippen LogP contribution is 2.28. The summed E-state index contributed by atoms with van der Waals surface area (Å²) < 4.78 is 11.4. The van der Waals surface area contributed by atoms with Gasteiger partial charge in [0.15, 0.2) is 0 Å². The van der Waals surface area contributed by atoms with Crippen molar-refractivity contribution in [3.8, 4) is 5.75 Å². The fraction of sp³-hybridized carbons (Fsp3) is 0.611.